The van der Waals surface area contributed by atoms with Crippen molar-refractivity contribution >= 4 is 49.6 Å². The molecule has 0 bridgehead atoms. The van der Waals surface area contributed by atoms with E-state index in [1.807, 2.05) is 0 Å². The molecule has 0 aliphatic heterocycles. The van der Waals surface area contributed by atoms with E-state index in [2.05, 4.69) is 10.4 Å². The molecule has 3 rings (SSSR count). The number of alkyl halides is 3. The number of fused-ring (bicyclic) bond motifs is 1. The topological polar surface area (TPSA) is 81.1 Å². The van der Waals surface area contributed by atoms with Gasteiger partial charge in [-0.2, -0.15) is 13.2 Å². The summed E-state index contributed by atoms with van der Waals surface area (Å²) in [5, 5.41) is -0.537. The molecule has 0 spiro atoms. The second-order valence-corrected chi connectivity index (χ2v) is 9.02. The van der Waals surface area contributed by atoms with E-state index in [1.165, 1.54) is 25.1 Å². The maximum atomic E-state index is 13.1. The molecule has 154 valence electrons. The molecule has 6 nitrogen and oxygen atoms in total. The molecule has 0 amide bonds. The van der Waals surface area contributed by atoms with Crippen molar-refractivity contribution in [3.05, 3.63) is 62.6 Å². The highest BCUT2D eigenvalue weighted by molar-refractivity contribution is 7.91. The quantitative estimate of drug-likeness (QED) is 0.617. The van der Waals surface area contributed by atoms with Gasteiger partial charge in [0.2, 0.25) is 0 Å². The maximum Gasteiger partial charge on any atom is 0.416 e. The molecule has 3 aromatic rings. The summed E-state index contributed by atoms with van der Waals surface area (Å²) in [7, 11) is -3.68. The van der Waals surface area contributed by atoms with Gasteiger partial charge in [0.15, 0.2) is 9.84 Å². The smallest absolute Gasteiger partial charge is 0.289 e. The number of sulfone groups is 1. The predicted octanol–water partition coefficient (Wildman–Crippen LogP) is 4.39. The molecule has 0 fully saturated rings. The average molecular weight is 466 g/mol. The van der Waals surface area contributed by atoms with Crippen LogP contribution in [0.25, 0.3) is 10.9 Å². The Morgan fingerprint density at radius 2 is 1.86 bits per heavy atom. The summed E-state index contributed by atoms with van der Waals surface area (Å²) < 4.78 is 64.5. The zero-order chi connectivity index (χ0) is 21.6. The second kappa shape index (κ2) is 7.51. The van der Waals surface area contributed by atoms with E-state index < -0.39 is 27.1 Å². The van der Waals surface area contributed by atoms with Gasteiger partial charge in [-0.3, -0.25) is 10.2 Å². The van der Waals surface area contributed by atoms with Crippen LogP contribution in [-0.4, -0.2) is 23.8 Å². The van der Waals surface area contributed by atoms with Gasteiger partial charge in [-0.15, -0.1) is 0 Å². The van der Waals surface area contributed by atoms with Crippen LogP contribution >= 0.6 is 23.2 Å². The highest BCUT2D eigenvalue weighted by Gasteiger charge is 2.32. The molecule has 2 aromatic carbocycles. The lowest BCUT2D eigenvalue weighted by Gasteiger charge is -2.15. The molecule has 12 heteroatoms. The monoisotopic (exact) mass is 465 g/mol. The van der Waals surface area contributed by atoms with Gasteiger partial charge in [-0.05, 0) is 30.3 Å². The molecule has 29 heavy (non-hydrogen) atoms. The normalized spacial score (nSPS) is 12.3. The first-order chi connectivity index (χ1) is 13.4. The van der Waals surface area contributed by atoms with Crippen LogP contribution in [0, 0.1) is 0 Å². The number of aromatic nitrogens is 2. The standard InChI is InChI=1S/C17H12Cl2F3N3O3S/c1-2-29(27,28)14-4-3-10(18)7-13(14)24-25-8-23-15-11(16(25)26)5-9(6-12(15)19)17(20,21)22/h3-8,24H,2H2,1H3. The van der Waals surface area contributed by atoms with Crippen molar-refractivity contribution in [3.63, 3.8) is 0 Å². The van der Waals surface area contributed by atoms with Crippen molar-refractivity contribution in [2.24, 2.45) is 0 Å². The van der Waals surface area contributed by atoms with E-state index in [1.54, 1.807) is 0 Å². The average Bonchev–Trinajstić information content (AvgIpc) is 2.63. The largest absolute Gasteiger partial charge is 0.416 e. The van der Waals surface area contributed by atoms with Gasteiger partial charge in [0.1, 0.15) is 6.33 Å². The molecular weight excluding hydrogens is 454 g/mol. The minimum atomic E-state index is -4.71. The molecule has 0 atom stereocenters. The first-order valence-electron chi connectivity index (χ1n) is 8.01. The lowest BCUT2D eigenvalue weighted by atomic mass is 10.1. The molecule has 0 saturated carbocycles. The van der Waals surface area contributed by atoms with Gasteiger partial charge < -0.3 is 0 Å². The molecular formula is C17H12Cl2F3N3O3S. The lowest BCUT2D eigenvalue weighted by Crippen LogP contribution is -2.28. The predicted molar refractivity (Wildman–Crippen MR) is 104 cm³/mol. The Bertz CT molecular complexity index is 1270. The first-order valence-corrected chi connectivity index (χ1v) is 10.4. The Kier molecular flexibility index (Phi) is 5.54. The number of rotatable bonds is 4. The zero-order valence-corrected chi connectivity index (χ0v) is 16.9. The number of benzene rings is 2. The third-order valence-electron chi connectivity index (χ3n) is 4.04. The number of hydrogen-bond donors (Lipinski definition) is 1. The van der Waals surface area contributed by atoms with Crippen LogP contribution in [0.1, 0.15) is 12.5 Å². The summed E-state index contributed by atoms with van der Waals surface area (Å²) in [5.74, 6) is -0.210. The number of nitrogens with zero attached hydrogens (tertiary/aromatic N) is 2. The van der Waals surface area contributed by atoms with Crippen molar-refractivity contribution in [3.8, 4) is 0 Å². The summed E-state index contributed by atoms with van der Waals surface area (Å²) in [6.45, 7) is 1.44. The molecule has 0 aliphatic carbocycles. The molecule has 1 aromatic heterocycles. The van der Waals surface area contributed by atoms with Crippen LogP contribution < -0.4 is 11.0 Å². The SMILES string of the molecule is CCS(=O)(=O)c1ccc(Cl)cc1Nn1cnc2c(Cl)cc(C(F)(F)F)cc2c1=O. The molecule has 1 N–H and O–H groups in total. The minimum Gasteiger partial charge on any atom is -0.289 e. The Labute approximate surface area is 172 Å². The van der Waals surface area contributed by atoms with Crippen LogP contribution in [0.3, 0.4) is 0 Å². The van der Waals surface area contributed by atoms with Crippen molar-refractivity contribution in [1.29, 1.82) is 0 Å². The van der Waals surface area contributed by atoms with Gasteiger partial charge in [-0.25, -0.2) is 18.1 Å². The molecule has 1 heterocycles. The Morgan fingerprint density at radius 3 is 2.48 bits per heavy atom. The summed E-state index contributed by atoms with van der Waals surface area (Å²) in [6.07, 6.45) is -3.72. The van der Waals surface area contributed by atoms with Crippen LogP contribution in [0.15, 0.2) is 46.3 Å². The van der Waals surface area contributed by atoms with Crippen molar-refractivity contribution < 1.29 is 21.6 Å². The molecule has 0 unspecified atom stereocenters. The van der Waals surface area contributed by atoms with Crippen LogP contribution in [-0.2, 0) is 16.0 Å². The van der Waals surface area contributed by atoms with Crippen LogP contribution in [0.5, 0.6) is 0 Å². The van der Waals surface area contributed by atoms with E-state index in [0.717, 1.165) is 11.0 Å². The summed E-state index contributed by atoms with van der Waals surface area (Å²) >= 11 is 11.8. The van der Waals surface area contributed by atoms with E-state index in [0.29, 0.717) is 12.1 Å². The van der Waals surface area contributed by atoms with Gasteiger partial charge in [0, 0.05) is 5.02 Å². The number of anilines is 1. The zero-order valence-electron chi connectivity index (χ0n) is 14.6. The number of nitrogens with one attached hydrogen (secondary N) is 1. The van der Waals surface area contributed by atoms with Gasteiger partial charge in [0.25, 0.3) is 5.56 Å². The molecule has 0 aliphatic rings. The Morgan fingerprint density at radius 1 is 1.17 bits per heavy atom. The highest BCUT2D eigenvalue weighted by atomic mass is 35.5. The Hall–Kier alpha value is -2.30. The Balaban J connectivity index is 2.20. The summed E-state index contributed by atoms with van der Waals surface area (Å²) in [6, 6.07) is 5.22. The third kappa shape index (κ3) is 4.19. The van der Waals surface area contributed by atoms with Crippen molar-refractivity contribution in [2.45, 2.75) is 18.0 Å². The first kappa shape index (κ1) is 21.4. The number of hydrogen-bond acceptors (Lipinski definition) is 5. The van der Waals surface area contributed by atoms with Gasteiger partial charge in [-0.1, -0.05) is 30.1 Å². The van der Waals surface area contributed by atoms with Gasteiger partial charge >= 0.3 is 6.18 Å². The lowest BCUT2D eigenvalue weighted by molar-refractivity contribution is -0.137. The van der Waals surface area contributed by atoms with Crippen LogP contribution in [0.4, 0.5) is 18.9 Å². The van der Waals surface area contributed by atoms with Crippen LogP contribution in [0.2, 0.25) is 10.0 Å². The fourth-order valence-electron chi connectivity index (χ4n) is 2.58. The highest BCUT2D eigenvalue weighted by Crippen LogP contribution is 2.33. The van der Waals surface area contributed by atoms with E-state index in [-0.39, 0.29) is 37.3 Å². The maximum absolute atomic E-state index is 13.1. The second-order valence-electron chi connectivity index (χ2n) is 5.93. The molecule has 0 saturated heterocycles. The fraction of sp³-hybridized carbons (Fsp3) is 0.176. The minimum absolute atomic E-state index is 0.0272. The summed E-state index contributed by atoms with van der Waals surface area (Å²) in [4.78, 5) is 16.5. The third-order valence-corrected chi connectivity index (χ3v) is 6.35. The van der Waals surface area contributed by atoms with E-state index in [4.69, 9.17) is 23.2 Å². The van der Waals surface area contributed by atoms with E-state index in [9.17, 15) is 26.4 Å². The number of halogens is 5. The summed E-state index contributed by atoms with van der Waals surface area (Å²) in [5.41, 5.74) is 0.395. The van der Waals surface area contributed by atoms with E-state index >= 15 is 0 Å². The van der Waals surface area contributed by atoms with Gasteiger partial charge in [0.05, 0.1) is 37.8 Å². The molecule has 0 radical (unpaired) electrons. The van der Waals surface area contributed by atoms with Crippen molar-refractivity contribution in [1.82, 2.24) is 9.66 Å². The fourth-order valence-corrected chi connectivity index (χ4v) is 4.05. The van der Waals surface area contributed by atoms with Crippen molar-refractivity contribution in [2.75, 3.05) is 11.2 Å².